The van der Waals surface area contributed by atoms with Gasteiger partial charge in [-0.3, -0.25) is 19.4 Å². The quantitative estimate of drug-likeness (QED) is 0.359. The van der Waals surface area contributed by atoms with Gasteiger partial charge in [-0.05, 0) is 76.1 Å². The Bertz CT molecular complexity index is 1500. The highest BCUT2D eigenvalue weighted by molar-refractivity contribution is 7.92. The topological polar surface area (TPSA) is 139 Å². The van der Waals surface area contributed by atoms with E-state index < -0.39 is 16.1 Å². The number of carbonyl (C=O) groups is 1. The Hall–Kier alpha value is -3.52. The minimum Gasteiger partial charge on any atom is -0.490 e. The summed E-state index contributed by atoms with van der Waals surface area (Å²) >= 11 is 0. The van der Waals surface area contributed by atoms with Crippen LogP contribution in [0.5, 0.6) is 5.75 Å². The minimum absolute atomic E-state index is 0.0834. The average molecular weight is 643 g/mol. The summed E-state index contributed by atoms with van der Waals surface area (Å²) in [5.74, 6) is -0.0941. The molecule has 246 valence electrons. The molecule has 0 unspecified atom stereocenters. The first kappa shape index (κ1) is 34.4. The number of nitrogens with zero attached hydrogens (tertiary/aromatic N) is 5. The first-order valence-corrected chi connectivity index (χ1v) is 16.9. The summed E-state index contributed by atoms with van der Waals surface area (Å²) in [6.45, 7) is 7.82. The number of aryl methyl sites for hydroxylation is 1. The molecule has 0 saturated carbocycles. The molecule has 12 nitrogen and oxygen atoms in total. The second-order valence-electron chi connectivity index (χ2n) is 12.0. The summed E-state index contributed by atoms with van der Waals surface area (Å²) in [7, 11) is -0.266. The van der Waals surface area contributed by atoms with Crippen LogP contribution in [0.15, 0.2) is 60.3 Å². The fourth-order valence-corrected chi connectivity index (χ4v) is 6.39. The van der Waals surface area contributed by atoms with Crippen LogP contribution in [-0.2, 0) is 28.4 Å². The number of pyridine rings is 1. The maximum Gasteiger partial charge on any atom is 0.280 e. The molecule has 4 rings (SSSR count). The van der Waals surface area contributed by atoms with Gasteiger partial charge in [-0.1, -0.05) is 6.92 Å². The third-order valence-electron chi connectivity index (χ3n) is 7.95. The molecule has 0 fully saturated rings. The Morgan fingerprint density at radius 2 is 1.93 bits per heavy atom. The molecule has 1 aliphatic rings. The standard InChI is InChI=1S/C32H46N6O6S/c1-23-17-38(24(2)21-39)32(40)28-16-27(35-45(41,42)31-20-37(5)22-34-31)9-10-29(28)44-25(3)8-6-7-15-43-30(23)19-36(4)18-26-11-13-33-14-12-26/h9-14,16,20,22-25,30,35,39H,6-8,15,17-19,21H2,1-5H3/t23-,24+,25-,30-/m1/s1. The van der Waals surface area contributed by atoms with E-state index in [-0.39, 0.29) is 46.9 Å². The van der Waals surface area contributed by atoms with E-state index in [1.807, 2.05) is 26.1 Å². The minimum atomic E-state index is -3.99. The third kappa shape index (κ3) is 9.49. The lowest BCUT2D eigenvalue weighted by Gasteiger charge is -2.36. The molecule has 0 radical (unpaired) electrons. The van der Waals surface area contributed by atoms with Crippen LogP contribution in [-0.4, -0.2) is 95.4 Å². The summed E-state index contributed by atoms with van der Waals surface area (Å²) in [5, 5.41) is 10.1. The van der Waals surface area contributed by atoms with Gasteiger partial charge in [0.15, 0.2) is 5.03 Å². The van der Waals surface area contributed by atoms with Crippen LogP contribution in [0.25, 0.3) is 0 Å². The Morgan fingerprint density at radius 3 is 2.62 bits per heavy atom. The molecule has 0 saturated heterocycles. The van der Waals surface area contributed by atoms with Crippen LogP contribution in [0.1, 0.15) is 56.0 Å². The van der Waals surface area contributed by atoms with Crippen molar-refractivity contribution in [3.05, 3.63) is 66.4 Å². The van der Waals surface area contributed by atoms with E-state index in [0.29, 0.717) is 25.4 Å². The van der Waals surface area contributed by atoms with Crippen molar-refractivity contribution in [1.29, 1.82) is 0 Å². The predicted octanol–water partition coefficient (Wildman–Crippen LogP) is 3.54. The van der Waals surface area contributed by atoms with Crippen molar-refractivity contribution < 1.29 is 27.8 Å². The van der Waals surface area contributed by atoms with Crippen molar-refractivity contribution in [2.75, 3.05) is 38.1 Å². The molecule has 45 heavy (non-hydrogen) atoms. The number of hydrogen-bond donors (Lipinski definition) is 2. The van der Waals surface area contributed by atoms with Crippen LogP contribution < -0.4 is 9.46 Å². The van der Waals surface area contributed by atoms with Gasteiger partial charge in [-0.15, -0.1) is 0 Å². The number of imidazole rings is 1. The monoisotopic (exact) mass is 642 g/mol. The number of nitrogens with one attached hydrogen (secondary N) is 1. The fraction of sp³-hybridized carbons (Fsp3) is 0.531. The summed E-state index contributed by atoms with van der Waals surface area (Å²) in [4.78, 5) is 26.2. The van der Waals surface area contributed by atoms with Crippen molar-refractivity contribution >= 4 is 21.6 Å². The van der Waals surface area contributed by atoms with E-state index in [9.17, 15) is 18.3 Å². The SMILES string of the molecule is C[C@@H]1CCCCO[C@H](CN(C)Cc2ccncc2)[C@H](C)CN([C@@H](C)CO)C(=O)c2cc(NS(=O)(=O)c3cn(C)cn3)ccc2O1. The number of ether oxygens (including phenoxy) is 2. The Kier molecular flexibility index (Phi) is 12.0. The van der Waals surface area contributed by atoms with Crippen LogP contribution in [0, 0.1) is 5.92 Å². The number of rotatable bonds is 9. The van der Waals surface area contributed by atoms with E-state index in [1.165, 1.54) is 18.6 Å². The first-order valence-electron chi connectivity index (χ1n) is 15.4. The molecule has 1 aliphatic heterocycles. The van der Waals surface area contributed by atoms with Gasteiger partial charge in [-0.2, -0.15) is 8.42 Å². The molecular formula is C32H46N6O6S. The van der Waals surface area contributed by atoms with Crippen LogP contribution >= 0.6 is 0 Å². The van der Waals surface area contributed by atoms with Crippen molar-refractivity contribution in [2.45, 2.75) is 69.9 Å². The van der Waals surface area contributed by atoms with E-state index in [4.69, 9.17) is 9.47 Å². The number of anilines is 1. The number of amides is 1. The van der Waals surface area contributed by atoms with Gasteiger partial charge in [0.05, 0.1) is 36.7 Å². The number of benzene rings is 1. The van der Waals surface area contributed by atoms with Crippen molar-refractivity contribution in [3.63, 3.8) is 0 Å². The number of sulfonamides is 1. The molecule has 3 heterocycles. The first-order chi connectivity index (χ1) is 21.5. The van der Waals surface area contributed by atoms with Crippen LogP contribution in [0.3, 0.4) is 0 Å². The third-order valence-corrected chi connectivity index (χ3v) is 9.22. The lowest BCUT2D eigenvalue weighted by Crippen LogP contribution is -2.47. The molecule has 0 aliphatic carbocycles. The van der Waals surface area contributed by atoms with Gasteiger partial charge in [0, 0.05) is 63.5 Å². The van der Waals surface area contributed by atoms with Gasteiger partial charge >= 0.3 is 0 Å². The van der Waals surface area contributed by atoms with Crippen LogP contribution in [0.4, 0.5) is 5.69 Å². The number of aliphatic hydroxyl groups excluding tert-OH is 1. The zero-order chi connectivity index (χ0) is 32.6. The highest BCUT2D eigenvalue weighted by Gasteiger charge is 2.31. The number of hydrogen-bond acceptors (Lipinski definition) is 9. The summed E-state index contributed by atoms with van der Waals surface area (Å²) < 4.78 is 42.8. The molecule has 1 amide bonds. The van der Waals surface area contributed by atoms with Crippen molar-refractivity contribution in [2.24, 2.45) is 13.0 Å². The normalized spacial score (nSPS) is 21.1. The highest BCUT2D eigenvalue weighted by Crippen LogP contribution is 2.29. The predicted molar refractivity (Wildman–Crippen MR) is 171 cm³/mol. The van der Waals surface area contributed by atoms with Gasteiger partial charge in [0.25, 0.3) is 15.9 Å². The molecule has 1 aromatic carbocycles. The second-order valence-corrected chi connectivity index (χ2v) is 13.7. The molecule has 4 atom stereocenters. The molecule has 3 aromatic rings. The zero-order valence-corrected chi connectivity index (χ0v) is 27.6. The van der Waals surface area contributed by atoms with E-state index in [2.05, 4.69) is 26.5 Å². The fourth-order valence-electron chi connectivity index (χ4n) is 5.36. The van der Waals surface area contributed by atoms with E-state index >= 15 is 0 Å². The Balaban J connectivity index is 1.64. The average Bonchev–Trinajstić information content (AvgIpc) is 3.46. The summed E-state index contributed by atoms with van der Waals surface area (Å²) in [6.07, 6.45) is 8.49. The number of aliphatic hydroxyl groups is 1. The largest absolute Gasteiger partial charge is 0.490 e. The number of aromatic nitrogens is 3. The molecule has 2 aromatic heterocycles. The van der Waals surface area contributed by atoms with Crippen molar-refractivity contribution in [3.8, 4) is 5.75 Å². The molecule has 0 spiro atoms. The Labute approximate surface area is 266 Å². The Morgan fingerprint density at radius 1 is 1.18 bits per heavy atom. The number of fused-ring (bicyclic) bond motifs is 1. The second kappa shape index (κ2) is 15.7. The molecule has 0 bridgehead atoms. The van der Waals surface area contributed by atoms with E-state index in [1.54, 1.807) is 48.0 Å². The molecule has 13 heteroatoms. The van der Waals surface area contributed by atoms with Crippen LogP contribution in [0.2, 0.25) is 0 Å². The maximum atomic E-state index is 14.3. The van der Waals surface area contributed by atoms with Gasteiger partial charge in [0.2, 0.25) is 0 Å². The highest BCUT2D eigenvalue weighted by atomic mass is 32.2. The van der Waals surface area contributed by atoms with Gasteiger partial charge < -0.3 is 24.0 Å². The number of carbonyl (C=O) groups excluding carboxylic acids is 1. The van der Waals surface area contributed by atoms with Crippen molar-refractivity contribution in [1.82, 2.24) is 24.3 Å². The molecule has 2 N–H and O–H groups in total. The van der Waals surface area contributed by atoms with E-state index in [0.717, 1.165) is 31.4 Å². The smallest absolute Gasteiger partial charge is 0.280 e. The zero-order valence-electron chi connectivity index (χ0n) is 26.8. The summed E-state index contributed by atoms with van der Waals surface area (Å²) in [6, 6.07) is 8.16. The number of likely N-dealkylation sites (N-methyl/N-ethyl adjacent to an activating group) is 1. The molecular weight excluding hydrogens is 596 g/mol. The maximum absolute atomic E-state index is 14.3. The summed E-state index contributed by atoms with van der Waals surface area (Å²) in [5.41, 5.74) is 1.56. The van der Waals surface area contributed by atoms with Gasteiger partial charge in [-0.25, -0.2) is 4.98 Å². The van der Waals surface area contributed by atoms with Gasteiger partial charge in [0.1, 0.15) is 5.75 Å². The lowest BCUT2D eigenvalue weighted by molar-refractivity contribution is -0.0177. The lowest BCUT2D eigenvalue weighted by atomic mass is 10.0.